The van der Waals surface area contributed by atoms with Gasteiger partial charge in [0.15, 0.2) is 0 Å². The minimum Gasteiger partial charge on any atom is -0.467 e. The average Bonchev–Trinajstić information content (AvgIpc) is 2.82. The molecule has 0 spiro atoms. The number of carbonyl (C=O) groups is 3. The van der Waals surface area contributed by atoms with Crippen molar-refractivity contribution in [1.82, 2.24) is 4.90 Å². The monoisotopic (exact) mass is 327 g/mol. The van der Waals surface area contributed by atoms with Gasteiger partial charge in [-0.3, -0.25) is 9.59 Å². The zero-order valence-corrected chi connectivity index (χ0v) is 15.3. The van der Waals surface area contributed by atoms with Gasteiger partial charge in [-0.15, -0.1) is 0 Å². The van der Waals surface area contributed by atoms with Gasteiger partial charge in [-0.25, -0.2) is 4.79 Å². The molecule has 0 unspecified atom stereocenters. The molecule has 1 saturated heterocycles. The van der Waals surface area contributed by atoms with Crippen LogP contribution in [0.5, 0.6) is 0 Å². The van der Waals surface area contributed by atoms with E-state index in [4.69, 9.17) is 9.47 Å². The zero-order chi connectivity index (χ0) is 18.0. The topological polar surface area (TPSA) is 72.9 Å². The summed E-state index contributed by atoms with van der Waals surface area (Å²) in [5.74, 6) is -2.30. The van der Waals surface area contributed by atoms with E-state index in [0.717, 1.165) is 6.42 Å². The van der Waals surface area contributed by atoms with Crippen LogP contribution in [0.4, 0.5) is 0 Å². The van der Waals surface area contributed by atoms with Crippen LogP contribution in [0.25, 0.3) is 0 Å². The minimum atomic E-state index is -0.952. The van der Waals surface area contributed by atoms with E-state index in [1.807, 2.05) is 20.8 Å². The highest BCUT2D eigenvalue weighted by atomic mass is 16.6. The van der Waals surface area contributed by atoms with Gasteiger partial charge in [-0.2, -0.15) is 0 Å². The number of amides is 1. The lowest BCUT2D eigenvalue weighted by atomic mass is 9.79. The van der Waals surface area contributed by atoms with E-state index < -0.39 is 34.9 Å². The molecule has 0 bridgehead atoms. The van der Waals surface area contributed by atoms with Gasteiger partial charge >= 0.3 is 11.9 Å². The molecule has 0 radical (unpaired) electrons. The third-order valence-electron chi connectivity index (χ3n) is 3.76. The Morgan fingerprint density at radius 2 is 1.65 bits per heavy atom. The van der Waals surface area contributed by atoms with E-state index in [2.05, 4.69) is 0 Å². The van der Waals surface area contributed by atoms with Gasteiger partial charge in [-0.1, -0.05) is 20.8 Å². The van der Waals surface area contributed by atoms with Crippen molar-refractivity contribution in [2.45, 2.75) is 66.0 Å². The van der Waals surface area contributed by atoms with Crippen LogP contribution in [-0.4, -0.2) is 48.0 Å². The van der Waals surface area contributed by atoms with E-state index in [0.29, 0.717) is 13.0 Å². The van der Waals surface area contributed by atoms with Gasteiger partial charge < -0.3 is 14.4 Å². The maximum atomic E-state index is 13.0. The van der Waals surface area contributed by atoms with Crippen LogP contribution >= 0.6 is 0 Å². The first-order valence-corrected chi connectivity index (χ1v) is 7.99. The van der Waals surface area contributed by atoms with E-state index >= 15 is 0 Å². The summed E-state index contributed by atoms with van der Waals surface area (Å²) < 4.78 is 10.2. The molecule has 0 saturated carbocycles. The molecule has 0 aliphatic carbocycles. The lowest BCUT2D eigenvalue weighted by molar-refractivity contribution is -0.171. The quantitative estimate of drug-likeness (QED) is 0.586. The van der Waals surface area contributed by atoms with Crippen molar-refractivity contribution in [2.24, 2.45) is 11.3 Å². The largest absolute Gasteiger partial charge is 0.467 e. The summed E-state index contributed by atoms with van der Waals surface area (Å²) in [6.45, 7) is 11.2. The Kier molecular flexibility index (Phi) is 5.83. The lowest BCUT2D eigenvalue weighted by Gasteiger charge is -2.34. The lowest BCUT2D eigenvalue weighted by Crippen LogP contribution is -2.50. The van der Waals surface area contributed by atoms with Crippen LogP contribution in [0.15, 0.2) is 0 Å². The van der Waals surface area contributed by atoms with Gasteiger partial charge in [0, 0.05) is 6.54 Å². The number of ether oxygens (including phenoxy) is 2. The Morgan fingerprint density at radius 3 is 2.09 bits per heavy atom. The molecule has 2 atom stereocenters. The van der Waals surface area contributed by atoms with Crippen molar-refractivity contribution >= 4 is 17.8 Å². The average molecular weight is 327 g/mol. The van der Waals surface area contributed by atoms with Crippen molar-refractivity contribution in [2.75, 3.05) is 13.7 Å². The second-order valence-corrected chi connectivity index (χ2v) is 8.05. The fraction of sp³-hybridized carbons (Fsp3) is 0.824. The number of methoxy groups -OCH3 is 1. The van der Waals surface area contributed by atoms with Crippen molar-refractivity contribution in [1.29, 1.82) is 0 Å². The number of esters is 2. The molecule has 1 aliphatic rings. The molecule has 6 nitrogen and oxygen atoms in total. The van der Waals surface area contributed by atoms with Crippen LogP contribution < -0.4 is 0 Å². The predicted octanol–water partition coefficient (Wildman–Crippen LogP) is 2.15. The smallest absolute Gasteiger partial charge is 0.328 e. The first-order valence-electron chi connectivity index (χ1n) is 7.99. The standard InChI is InChI=1S/C17H29NO5/c1-16(2,3)12(15(21)23-17(4,5)6)13(19)18-10-8-9-11(18)14(20)22-7/h11-12H,8-10H2,1-7H3/t11-,12-/m0/s1. The number of nitrogens with zero attached hydrogens (tertiary/aromatic N) is 1. The Morgan fingerprint density at radius 1 is 1.09 bits per heavy atom. The molecule has 1 rings (SSSR count). The van der Waals surface area contributed by atoms with E-state index in [1.54, 1.807) is 20.8 Å². The molecule has 132 valence electrons. The van der Waals surface area contributed by atoms with Crippen LogP contribution in [0, 0.1) is 11.3 Å². The zero-order valence-electron chi connectivity index (χ0n) is 15.3. The SMILES string of the molecule is COC(=O)[C@@H]1CCCN1C(=O)[C@@H](C(=O)OC(C)(C)C)C(C)(C)C. The maximum Gasteiger partial charge on any atom is 0.328 e. The molecule has 0 aromatic heterocycles. The summed E-state index contributed by atoms with van der Waals surface area (Å²) in [5.41, 5.74) is -1.28. The summed E-state index contributed by atoms with van der Waals surface area (Å²) in [6, 6.07) is -0.611. The normalized spacial score (nSPS) is 20.1. The van der Waals surface area contributed by atoms with Crippen LogP contribution in [-0.2, 0) is 23.9 Å². The highest BCUT2D eigenvalue weighted by Gasteiger charge is 2.46. The van der Waals surface area contributed by atoms with Crippen LogP contribution in [0.1, 0.15) is 54.4 Å². The Labute approximate surface area is 138 Å². The summed E-state index contributed by atoms with van der Waals surface area (Å²) in [4.78, 5) is 38.9. The Balaban J connectivity index is 3.06. The van der Waals surface area contributed by atoms with Gasteiger partial charge in [-0.05, 0) is 39.0 Å². The van der Waals surface area contributed by atoms with Crippen molar-refractivity contribution in [3.63, 3.8) is 0 Å². The van der Waals surface area contributed by atoms with Crippen LogP contribution in [0.2, 0.25) is 0 Å². The molecule has 0 aromatic rings. The molecule has 23 heavy (non-hydrogen) atoms. The summed E-state index contributed by atoms with van der Waals surface area (Å²) >= 11 is 0. The number of likely N-dealkylation sites (tertiary alicyclic amines) is 1. The molecule has 1 heterocycles. The van der Waals surface area contributed by atoms with Crippen molar-refractivity contribution in [3.05, 3.63) is 0 Å². The molecule has 6 heteroatoms. The summed E-state index contributed by atoms with van der Waals surface area (Å²) in [6.07, 6.45) is 1.28. The van der Waals surface area contributed by atoms with E-state index in [-0.39, 0.29) is 5.91 Å². The Bertz CT molecular complexity index is 472. The molecule has 0 aromatic carbocycles. The van der Waals surface area contributed by atoms with Gasteiger partial charge in [0.1, 0.15) is 17.6 Å². The van der Waals surface area contributed by atoms with E-state index in [1.165, 1.54) is 12.0 Å². The fourth-order valence-electron chi connectivity index (χ4n) is 2.76. The molecular weight excluding hydrogens is 298 g/mol. The second kappa shape index (κ2) is 6.89. The molecule has 0 N–H and O–H groups in total. The molecular formula is C17H29NO5. The van der Waals surface area contributed by atoms with Gasteiger partial charge in [0.25, 0.3) is 0 Å². The molecule has 1 fully saturated rings. The van der Waals surface area contributed by atoms with Crippen molar-refractivity contribution in [3.8, 4) is 0 Å². The third kappa shape index (κ3) is 4.94. The number of hydrogen-bond acceptors (Lipinski definition) is 5. The van der Waals surface area contributed by atoms with Gasteiger partial charge in [0.05, 0.1) is 7.11 Å². The van der Waals surface area contributed by atoms with E-state index in [9.17, 15) is 14.4 Å². The maximum absolute atomic E-state index is 13.0. The second-order valence-electron chi connectivity index (χ2n) is 8.05. The predicted molar refractivity (Wildman–Crippen MR) is 85.5 cm³/mol. The van der Waals surface area contributed by atoms with Crippen LogP contribution in [0.3, 0.4) is 0 Å². The minimum absolute atomic E-state index is 0.361. The number of rotatable bonds is 3. The summed E-state index contributed by atoms with van der Waals surface area (Å²) in [5, 5.41) is 0. The molecule has 1 aliphatic heterocycles. The summed E-state index contributed by atoms with van der Waals surface area (Å²) in [7, 11) is 1.30. The highest BCUT2D eigenvalue weighted by molar-refractivity contribution is 6.00. The number of carbonyl (C=O) groups excluding carboxylic acids is 3. The van der Waals surface area contributed by atoms with Gasteiger partial charge in [0.2, 0.25) is 5.91 Å². The first-order chi connectivity index (χ1) is 10.4. The van der Waals surface area contributed by atoms with Crippen molar-refractivity contribution < 1.29 is 23.9 Å². The first kappa shape index (κ1) is 19.5. The Hall–Kier alpha value is -1.59. The third-order valence-corrected chi connectivity index (χ3v) is 3.76. The number of hydrogen-bond donors (Lipinski definition) is 0. The molecule has 1 amide bonds. The fourth-order valence-corrected chi connectivity index (χ4v) is 2.76. The highest BCUT2D eigenvalue weighted by Crippen LogP contribution is 2.33.